The van der Waals surface area contributed by atoms with Gasteiger partial charge in [0.05, 0.1) is 15.2 Å². The first-order valence-electron chi connectivity index (χ1n) is 7.84. The van der Waals surface area contributed by atoms with Crippen molar-refractivity contribution in [3.8, 4) is 11.1 Å². The molecule has 0 aliphatic rings. The summed E-state index contributed by atoms with van der Waals surface area (Å²) in [5.41, 5.74) is 2.93. The normalized spacial score (nSPS) is 11.3. The van der Waals surface area contributed by atoms with Gasteiger partial charge < -0.3 is 0 Å². The summed E-state index contributed by atoms with van der Waals surface area (Å²) in [5.74, 6) is 0. The maximum Gasteiger partial charge on any atom is 0.277 e. The SMILES string of the molecule is Cc1sc2c(Br)c3ccccc3c(-c3ccccc3[N+](=O)[O-])c2c1C. The maximum absolute atomic E-state index is 11.6. The molecule has 25 heavy (non-hydrogen) atoms. The number of nitro benzene ring substituents is 1. The Kier molecular flexibility index (Phi) is 3.85. The summed E-state index contributed by atoms with van der Waals surface area (Å²) in [6, 6.07) is 15.1. The molecule has 4 rings (SSSR count). The molecule has 3 aromatic carbocycles. The van der Waals surface area contributed by atoms with Crippen LogP contribution < -0.4 is 0 Å². The molecule has 4 aromatic rings. The number of thiophene rings is 1. The fraction of sp³-hybridized carbons (Fsp3) is 0.100. The van der Waals surface area contributed by atoms with Gasteiger partial charge in [-0.3, -0.25) is 10.1 Å². The second-order valence-corrected chi connectivity index (χ2v) is 8.01. The van der Waals surface area contributed by atoms with Crippen LogP contribution >= 0.6 is 27.3 Å². The van der Waals surface area contributed by atoms with E-state index in [0.717, 1.165) is 30.9 Å². The first kappa shape index (κ1) is 16.2. The lowest BCUT2D eigenvalue weighted by atomic mass is 9.92. The minimum absolute atomic E-state index is 0.138. The van der Waals surface area contributed by atoms with Crippen LogP contribution in [0.3, 0.4) is 0 Å². The quantitative estimate of drug-likeness (QED) is 0.263. The molecule has 0 N–H and O–H groups in total. The van der Waals surface area contributed by atoms with E-state index in [1.165, 1.54) is 10.4 Å². The Bertz CT molecular complexity index is 1160. The number of nitrogens with zero attached hydrogens (tertiary/aromatic N) is 1. The molecule has 0 fully saturated rings. The van der Waals surface area contributed by atoms with Crippen LogP contribution in [0.15, 0.2) is 53.0 Å². The first-order chi connectivity index (χ1) is 12.0. The van der Waals surface area contributed by atoms with Gasteiger partial charge in [-0.2, -0.15) is 0 Å². The van der Waals surface area contributed by atoms with E-state index in [1.807, 2.05) is 30.3 Å². The molecule has 0 saturated carbocycles. The van der Waals surface area contributed by atoms with Crippen LogP contribution in [0.2, 0.25) is 0 Å². The molecule has 0 aliphatic heterocycles. The number of aryl methyl sites for hydroxylation is 2. The number of para-hydroxylation sites is 1. The van der Waals surface area contributed by atoms with E-state index >= 15 is 0 Å². The summed E-state index contributed by atoms with van der Waals surface area (Å²) in [5, 5.41) is 14.8. The molecule has 0 radical (unpaired) electrons. The van der Waals surface area contributed by atoms with Gasteiger partial charge in [0.1, 0.15) is 0 Å². The number of fused-ring (bicyclic) bond motifs is 2. The van der Waals surface area contributed by atoms with Crippen LogP contribution in [0.4, 0.5) is 5.69 Å². The Hall–Kier alpha value is -2.24. The van der Waals surface area contributed by atoms with Crippen molar-refractivity contribution in [2.24, 2.45) is 0 Å². The number of benzene rings is 3. The summed E-state index contributed by atoms with van der Waals surface area (Å²) < 4.78 is 2.20. The van der Waals surface area contributed by atoms with E-state index in [0.29, 0.717) is 5.56 Å². The third kappa shape index (κ3) is 2.38. The lowest BCUT2D eigenvalue weighted by molar-refractivity contribution is -0.384. The maximum atomic E-state index is 11.6. The van der Waals surface area contributed by atoms with Crippen molar-refractivity contribution in [1.82, 2.24) is 0 Å². The van der Waals surface area contributed by atoms with Crippen LogP contribution in [0.5, 0.6) is 0 Å². The monoisotopic (exact) mass is 411 g/mol. The molecule has 0 atom stereocenters. The first-order valence-corrected chi connectivity index (χ1v) is 9.45. The van der Waals surface area contributed by atoms with E-state index in [4.69, 9.17) is 0 Å². The van der Waals surface area contributed by atoms with E-state index < -0.39 is 0 Å². The van der Waals surface area contributed by atoms with E-state index in [2.05, 4.69) is 35.8 Å². The zero-order valence-corrected chi connectivity index (χ0v) is 16.1. The zero-order chi connectivity index (χ0) is 17.7. The summed E-state index contributed by atoms with van der Waals surface area (Å²) >= 11 is 5.49. The molecule has 1 aromatic heterocycles. The van der Waals surface area contributed by atoms with E-state index in [1.54, 1.807) is 23.5 Å². The second-order valence-electron chi connectivity index (χ2n) is 6.00. The summed E-state index contributed by atoms with van der Waals surface area (Å²) in [6.45, 7) is 4.19. The fourth-order valence-corrected chi connectivity index (χ4v) is 5.26. The van der Waals surface area contributed by atoms with Crippen molar-refractivity contribution in [1.29, 1.82) is 0 Å². The molecule has 0 amide bonds. The molecule has 3 nitrogen and oxygen atoms in total. The summed E-state index contributed by atoms with van der Waals surface area (Å²) in [7, 11) is 0. The van der Waals surface area contributed by atoms with Crippen molar-refractivity contribution < 1.29 is 4.92 Å². The summed E-state index contributed by atoms with van der Waals surface area (Å²) in [4.78, 5) is 12.6. The van der Waals surface area contributed by atoms with Crippen LogP contribution in [0.1, 0.15) is 10.4 Å². The van der Waals surface area contributed by atoms with E-state index in [9.17, 15) is 10.1 Å². The molecule has 5 heteroatoms. The van der Waals surface area contributed by atoms with Crippen LogP contribution in [0.25, 0.3) is 32.0 Å². The fourth-order valence-electron chi connectivity index (χ4n) is 3.36. The Morgan fingerprint density at radius 1 is 1.00 bits per heavy atom. The standard InChI is InChI=1S/C20H14BrNO2S/c1-11-12(2)25-20-17(11)18(13-7-3-4-8-14(13)19(20)21)15-9-5-6-10-16(15)22(23)24/h3-10H,1-2H3. The predicted octanol–water partition coefficient (Wildman–Crippen LogP) is 7.01. The van der Waals surface area contributed by atoms with Crippen molar-refractivity contribution in [3.63, 3.8) is 0 Å². The molecule has 0 unspecified atom stereocenters. The Morgan fingerprint density at radius 2 is 1.64 bits per heavy atom. The molecule has 0 spiro atoms. The summed E-state index contributed by atoms with van der Waals surface area (Å²) in [6.07, 6.45) is 0. The smallest absolute Gasteiger partial charge is 0.258 e. The molecule has 124 valence electrons. The molecule has 0 bridgehead atoms. The van der Waals surface area contributed by atoms with Gasteiger partial charge in [0, 0.05) is 26.4 Å². The molecular formula is C20H14BrNO2S. The van der Waals surface area contributed by atoms with E-state index in [-0.39, 0.29) is 10.6 Å². The van der Waals surface area contributed by atoms with Gasteiger partial charge in [-0.25, -0.2) is 0 Å². The van der Waals surface area contributed by atoms with Crippen LogP contribution in [0, 0.1) is 24.0 Å². The van der Waals surface area contributed by atoms with Gasteiger partial charge in [-0.05, 0) is 52.2 Å². The highest BCUT2D eigenvalue weighted by molar-refractivity contribution is 9.11. The average Bonchev–Trinajstić information content (AvgIpc) is 2.91. The number of hydrogen-bond acceptors (Lipinski definition) is 3. The van der Waals surface area contributed by atoms with Gasteiger partial charge >= 0.3 is 0 Å². The van der Waals surface area contributed by atoms with Crippen molar-refractivity contribution in [3.05, 3.63) is 73.6 Å². The zero-order valence-electron chi connectivity index (χ0n) is 13.7. The lowest BCUT2D eigenvalue weighted by Crippen LogP contribution is -1.93. The topological polar surface area (TPSA) is 43.1 Å². The van der Waals surface area contributed by atoms with Gasteiger partial charge in [0.2, 0.25) is 0 Å². The lowest BCUT2D eigenvalue weighted by Gasteiger charge is -2.13. The van der Waals surface area contributed by atoms with Crippen molar-refractivity contribution >= 4 is 53.8 Å². The highest BCUT2D eigenvalue weighted by atomic mass is 79.9. The third-order valence-corrected chi connectivity index (χ3v) is 6.95. The molecular weight excluding hydrogens is 398 g/mol. The van der Waals surface area contributed by atoms with Crippen LogP contribution in [-0.4, -0.2) is 4.92 Å². The molecule has 1 heterocycles. The number of rotatable bonds is 2. The highest BCUT2D eigenvalue weighted by Gasteiger charge is 2.23. The van der Waals surface area contributed by atoms with Gasteiger partial charge in [-0.1, -0.05) is 36.4 Å². The van der Waals surface area contributed by atoms with Gasteiger partial charge in [0.25, 0.3) is 5.69 Å². The minimum atomic E-state index is -0.299. The Morgan fingerprint density at radius 3 is 2.36 bits per heavy atom. The largest absolute Gasteiger partial charge is 0.277 e. The number of halogens is 1. The molecule has 0 saturated heterocycles. The second kappa shape index (κ2) is 5.93. The van der Waals surface area contributed by atoms with Crippen molar-refractivity contribution in [2.45, 2.75) is 13.8 Å². The predicted molar refractivity (Wildman–Crippen MR) is 109 cm³/mol. The number of hydrogen-bond donors (Lipinski definition) is 0. The van der Waals surface area contributed by atoms with Crippen molar-refractivity contribution in [2.75, 3.05) is 0 Å². The number of nitro groups is 1. The highest BCUT2D eigenvalue weighted by Crippen LogP contribution is 2.48. The third-order valence-electron chi connectivity index (χ3n) is 4.64. The van der Waals surface area contributed by atoms with Gasteiger partial charge in [-0.15, -0.1) is 11.3 Å². The molecule has 0 aliphatic carbocycles. The minimum Gasteiger partial charge on any atom is -0.258 e. The average molecular weight is 412 g/mol. The van der Waals surface area contributed by atoms with Crippen LogP contribution in [-0.2, 0) is 0 Å². The van der Waals surface area contributed by atoms with Gasteiger partial charge in [0.15, 0.2) is 0 Å². The Labute approximate surface area is 157 Å². The Balaban J connectivity index is 2.30.